The van der Waals surface area contributed by atoms with Gasteiger partial charge in [0.05, 0.1) is 5.52 Å². The number of rotatable bonds is 1. The molecule has 0 aliphatic heterocycles. The average Bonchev–Trinajstić information content (AvgIpc) is 2.87. The number of hydrogen-bond donors (Lipinski definition) is 2. The summed E-state index contributed by atoms with van der Waals surface area (Å²) in [6.45, 7) is 2.06. The van der Waals surface area contributed by atoms with Crippen LogP contribution in [0, 0.1) is 6.92 Å². The number of anilines is 1. The molecule has 2 aromatic carbocycles. The lowest BCUT2D eigenvalue weighted by Gasteiger charge is -2.10. The van der Waals surface area contributed by atoms with Crippen molar-refractivity contribution in [1.82, 2.24) is 4.98 Å². The third kappa shape index (κ3) is 2.06. The molecule has 4 N–H and O–H groups in total. The molecule has 1 aliphatic carbocycles. The van der Waals surface area contributed by atoms with Gasteiger partial charge in [-0.1, -0.05) is 24.3 Å². The molecule has 0 spiro atoms. The van der Waals surface area contributed by atoms with Crippen molar-refractivity contribution in [2.24, 2.45) is 5.73 Å². The summed E-state index contributed by atoms with van der Waals surface area (Å²) in [5.41, 5.74) is 19.2. The van der Waals surface area contributed by atoms with E-state index in [-0.39, 0.29) is 6.04 Å². The lowest BCUT2D eigenvalue weighted by Crippen LogP contribution is -2.05. The van der Waals surface area contributed by atoms with Crippen molar-refractivity contribution in [3.63, 3.8) is 0 Å². The minimum atomic E-state index is 0.173. The molecular weight excluding hydrogens is 270 g/mol. The maximum absolute atomic E-state index is 6.19. The Balaban J connectivity index is 1.86. The maximum atomic E-state index is 6.19. The van der Waals surface area contributed by atoms with Gasteiger partial charge in [0, 0.05) is 11.4 Å². The van der Waals surface area contributed by atoms with Crippen LogP contribution < -0.4 is 11.5 Å². The smallest absolute Gasteiger partial charge is 0.124 e. The van der Waals surface area contributed by atoms with Gasteiger partial charge in [-0.05, 0) is 65.8 Å². The van der Waals surface area contributed by atoms with Crippen molar-refractivity contribution >= 4 is 16.7 Å². The van der Waals surface area contributed by atoms with Crippen LogP contribution in [0.15, 0.2) is 42.5 Å². The van der Waals surface area contributed by atoms with Crippen molar-refractivity contribution < 1.29 is 0 Å². The Morgan fingerprint density at radius 3 is 2.68 bits per heavy atom. The van der Waals surface area contributed by atoms with Gasteiger partial charge in [0.25, 0.3) is 0 Å². The van der Waals surface area contributed by atoms with Crippen molar-refractivity contribution in [2.75, 3.05) is 5.73 Å². The number of pyridine rings is 1. The van der Waals surface area contributed by atoms with E-state index in [0.29, 0.717) is 5.82 Å². The molecule has 22 heavy (non-hydrogen) atoms. The van der Waals surface area contributed by atoms with E-state index in [0.717, 1.165) is 34.9 Å². The first-order valence-corrected chi connectivity index (χ1v) is 7.67. The van der Waals surface area contributed by atoms with Gasteiger partial charge in [-0.25, -0.2) is 4.98 Å². The molecule has 0 saturated heterocycles. The third-order valence-electron chi connectivity index (χ3n) is 4.64. The summed E-state index contributed by atoms with van der Waals surface area (Å²) in [5, 5.41) is 1.15. The normalized spacial score (nSPS) is 16.9. The number of nitrogens with zero attached hydrogens (tertiary/aromatic N) is 1. The molecular formula is C19H19N3. The average molecular weight is 289 g/mol. The topological polar surface area (TPSA) is 64.9 Å². The number of hydrogen-bond acceptors (Lipinski definition) is 3. The molecule has 0 saturated carbocycles. The predicted octanol–water partition coefficient (Wildman–Crippen LogP) is 3.74. The highest BCUT2D eigenvalue weighted by Crippen LogP contribution is 2.34. The second kappa shape index (κ2) is 4.82. The van der Waals surface area contributed by atoms with Gasteiger partial charge in [0.2, 0.25) is 0 Å². The van der Waals surface area contributed by atoms with Crippen LogP contribution in [-0.4, -0.2) is 4.98 Å². The first-order valence-electron chi connectivity index (χ1n) is 7.67. The minimum Gasteiger partial charge on any atom is -0.384 e. The van der Waals surface area contributed by atoms with E-state index in [2.05, 4.69) is 48.3 Å². The SMILES string of the molecule is Cc1cc(N)nc2cc(-c3ccc4c(c3)C(N)CC4)ccc12. The summed E-state index contributed by atoms with van der Waals surface area (Å²) >= 11 is 0. The number of nitrogen functional groups attached to an aromatic ring is 1. The molecule has 1 heterocycles. The van der Waals surface area contributed by atoms with Gasteiger partial charge < -0.3 is 11.5 Å². The predicted molar refractivity (Wildman–Crippen MR) is 91.6 cm³/mol. The summed E-state index contributed by atoms with van der Waals surface area (Å²) in [4.78, 5) is 4.46. The van der Waals surface area contributed by atoms with Gasteiger partial charge in [-0.3, -0.25) is 0 Å². The van der Waals surface area contributed by atoms with Crippen LogP contribution in [-0.2, 0) is 6.42 Å². The van der Waals surface area contributed by atoms with Gasteiger partial charge in [-0.2, -0.15) is 0 Å². The van der Waals surface area contributed by atoms with E-state index in [1.807, 2.05) is 6.07 Å². The highest BCUT2D eigenvalue weighted by Gasteiger charge is 2.19. The zero-order chi connectivity index (χ0) is 15.3. The van der Waals surface area contributed by atoms with Crippen LogP contribution in [0.5, 0.6) is 0 Å². The Morgan fingerprint density at radius 2 is 1.82 bits per heavy atom. The molecule has 110 valence electrons. The van der Waals surface area contributed by atoms with E-state index < -0.39 is 0 Å². The van der Waals surface area contributed by atoms with Crippen LogP contribution in [0.1, 0.15) is 29.2 Å². The lowest BCUT2D eigenvalue weighted by atomic mass is 9.98. The number of fused-ring (bicyclic) bond motifs is 2. The molecule has 3 heteroatoms. The van der Waals surface area contributed by atoms with Crippen molar-refractivity contribution in [2.45, 2.75) is 25.8 Å². The second-order valence-electron chi connectivity index (χ2n) is 6.15. The number of nitrogens with two attached hydrogens (primary N) is 2. The van der Waals surface area contributed by atoms with E-state index in [4.69, 9.17) is 11.5 Å². The molecule has 3 aromatic rings. The Morgan fingerprint density at radius 1 is 1.05 bits per heavy atom. The summed E-state index contributed by atoms with van der Waals surface area (Å²) in [5.74, 6) is 0.568. The summed E-state index contributed by atoms with van der Waals surface area (Å²) in [6, 6.07) is 15.1. The van der Waals surface area contributed by atoms with Crippen molar-refractivity contribution in [1.29, 1.82) is 0 Å². The second-order valence-corrected chi connectivity index (χ2v) is 6.15. The van der Waals surface area contributed by atoms with Gasteiger partial charge in [0.1, 0.15) is 5.82 Å². The molecule has 1 atom stereocenters. The van der Waals surface area contributed by atoms with E-state index in [9.17, 15) is 0 Å². The number of aryl methyl sites for hydroxylation is 2. The van der Waals surface area contributed by atoms with Crippen LogP contribution in [0.25, 0.3) is 22.0 Å². The number of benzene rings is 2. The van der Waals surface area contributed by atoms with Crippen LogP contribution in [0.3, 0.4) is 0 Å². The van der Waals surface area contributed by atoms with Crippen LogP contribution in [0.4, 0.5) is 5.82 Å². The Hall–Kier alpha value is -2.39. The van der Waals surface area contributed by atoms with Crippen LogP contribution >= 0.6 is 0 Å². The van der Waals surface area contributed by atoms with Crippen molar-refractivity contribution in [3.05, 3.63) is 59.2 Å². The quantitative estimate of drug-likeness (QED) is 0.717. The molecule has 1 aromatic heterocycles. The lowest BCUT2D eigenvalue weighted by molar-refractivity contribution is 0.713. The van der Waals surface area contributed by atoms with Gasteiger partial charge in [0.15, 0.2) is 0 Å². The van der Waals surface area contributed by atoms with E-state index in [1.54, 1.807) is 0 Å². The monoisotopic (exact) mass is 289 g/mol. The maximum Gasteiger partial charge on any atom is 0.124 e. The molecule has 0 bridgehead atoms. The highest BCUT2D eigenvalue weighted by molar-refractivity contribution is 5.88. The molecule has 0 radical (unpaired) electrons. The van der Waals surface area contributed by atoms with Gasteiger partial charge in [-0.15, -0.1) is 0 Å². The van der Waals surface area contributed by atoms with Crippen LogP contribution in [0.2, 0.25) is 0 Å². The fraction of sp³-hybridized carbons (Fsp3) is 0.211. The van der Waals surface area contributed by atoms with E-state index in [1.165, 1.54) is 16.7 Å². The molecule has 3 nitrogen and oxygen atoms in total. The third-order valence-corrected chi connectivity index (χ3v) is 4.64. The molecule has 1 unspecified atom stereocenters. The molecule has 1 aliphatic rings. The summed E-state index contributed by atoms with van der Waals surface area (Å²) in [6.07, 6.45) is 2.14. The Labute approximate surface area is 130 Å². The van der Waals surface area contributed by atoms with E-state index >= 15 is 0 Å². The molecule has 4 rings (SSSR count). The Bertz CT molecular complexity index is 883. The highest BCUT2D eigenvalue weighted by atomic mass is 14.8. The number of aromatic nitrogens is 1. The first kappa shape index (κ1) is 13.3. The zero-order valence-electron chi connectivity index (χ0n) is 12.6. The summed E-state index contributed by atoms with van der Waals surface area (Å²) < 4.78 is 0. The summed E-state index contributed by atoms with van der Waals surface area (Å²) in [7, 11) is 0. The molecule has 0 amide bonds. The first-order chi connectivity index (χ1) is 10.6. The fourth-order valence-electron chi connectivity index (χ4n) is 3.42. The van der Waals surface area contributed by atoms with Crippen molar-refractivity contribution in [3.8, 4) is 11.1 Å². The molecule has 0 fully saturated rings. The fourth-order valence-corrected chi connectivity index (χ4v) is 3.42. The Kier molecular flexibility index (Phi) is 2.91. The zero-order valence-corrected chi connectivity index (χ0v) is 12.6. The minimum absolute atomic E-state index is 0.173. The largest absolute Gasteiger partial charge is 0.384 e. The van der Waals surface area contributed by atoms with Gasteiger partial charge >= 0.3 is 0 Å². The standard InChI is InChI=1S/C19H19N3/c1-11-8-19(21)22-18-10-14(4-6-15(11)18)13-3-2-12-5-7-17(20)16(12)9-13/h2-4,6,8-10,17H,5,7,20H2,1H3,(H2,21,22).